The molecule has 2 aliphatic rings. The molecule has 33 heavy (non-hydrogen) atoms. The van der Waals surface area contributed by atoms with Crippen molar-refractivity contribution in [3.05, 3.63) is 24.2 Å². The third kappa shape index (κ3) is 7.21. The molecule has 0 radical (unpaired) electrons. The second kappa shape index (κ2) is 11.0. The second-order valence-electron chi connectivity index (χ2n) is 9.10. The monoisotopic (exact) mass is 483 g/mol. The summed E-state index contributed by atoms with van der Waals surface area (Å²) in [6, 6.07) is 2.94. The molecule has 1 aromatic rings. The van der Waals surface area contributed by atoms with Crippen LogP contribution in [0, 0.1) is 11.8 Å². The minimum Gasteiger partial charge on any atom is -0.467 e. The van der Waals surface area contributed by atoms with E-state index < -0.39 is 22.4 Å². The Morgan fingerprint density at radius 2 is 1.97 bits per heavy atom. The van der Waals surface area contributed by atoms with Gasteiger partial charge in [0.2, 0.25) is 0 Å². The van der Waals surface area contributed by atoms with E-state index in [0.29, 0.717) is 51.2 Å². The van der Waals surface area contributed by atoms with Gasteiger partial charge in [0.05, 0.1) is 30.2 Å². The van der Waals surface area contributed by atoms with Crippen molar-refractivity contribution in [1.82, 2.24) is 15.1 Å². The number of carbonyl (C=O) groups is 3. The van der Waals surface area contributed by atoms with Gasteiger partial charge in [0.15, 0.2) is 16.4 Å². The van der Waals surface area contributed by atoms with E-state index in [4.69, 9.17) is 9.15 Å². The highest BCUT2D eigenvalue weighted by molar-refractivity contribution is 7.91. The van der Waals surface area contributed by atoms with Crippen molar-refractivity contribution in [2.24, 2.45) is 11.8 Å². The lowest BCUT2D eigenvalue weighted by molar-refractivity contribution is -0.157. The van der Waals surface area contributed by atoms with Gasteiger partial charge in [0.25, 0.3) is 5.91 Å². The van der Waals surface area contributed by atoms with E-state index in [2.05, 4.69) is 5.32 Å². The van der Waals surface area contributed by atoms with Crippen LogP contribution in [0.2, 0.25) is 0 Å². The zero-order valence-electron chi connectivity index (χ0n) is 19.2. The molecular formula is C22H33N3O7S. The molecule has 0 bridgehead atoms. The summed E-state index contributed by atoms with van der Waals surface area (Å²) in [6.45, 7) is 5.05. The van der Waals surface area contributed by atoms with Crippen LogP contribution >= 0.6 is 0 Å². The first-order valence-corrected chi connectivity index (χ1v) is 13.2. The van der Waals surface area contributed by atoms with E-state index in [0.717, 1.165) is 0 Å². The Labute approximate surface area is 194 Å². The van der Waals surface area contributed by atoms with Crippen LogP contribution in [0.4, 0.5) is 4.79 Å². The lowest BCUT2D eigenvalue weighted by Gasteiger charge is -2.32. The number of rotatable bonds is 8. The number of esters is 1. The molecule has 1 atom stereocenters. The Morgan fingerprint density at radius 3 is 2.55 bits per heavy atom. The third-order valence-corrected chi connectivity index (χ3v) is 7.73. The molecule has 1 N–H and O–H groups in total. The summed E-state index contributed by atoms with van der Waals surface area (Å²) in [5.74, 6) is -0.342. The van der Waals surface area contributed by atoms with Gasteiger partial charge in [0, 0.05) is 25.7 Å². The summed E-state index contributed by atoms with van der Waals surface area (Å²) >= 11 is 0. The summed E-state index contributed by atoms with van der Waals surface area (Å²) < 4.78 is 34.2. The van der Waals surface area contributed by atoms with E-state index in [1.54, 1.807) is 28.2 Å². The number of nitrogens with zero attached hydrogens (tertiary/aromatic N) is 2. The number of piperidine rings is 1. The standard InChI is InChI=1S/C22H33N3O7S/c1-16(2)13-25(18-7-11-33(29,30)15-18)20(26)14-32-21(27)17-5-8-24(9-6-17)22(28)23-12-19-4-3-10-31-19/h3-4,10,16-18H,5-9,11-15H2,1-2H3,(H,23,28)/t18-/m1/s1. The fraction of sp³-hybridized carbons (Fsp3) is 0.682. The molecule has 3 heterocycles. The van der Waals surface area contributed by atoms with Crippen LogP contribution in [-0.2, 0) is 30.7 Å². The van der Waals surface area contributed by atoms with Crippen molar-refractivity contribution in [3.63, 3.8) is 0 Å². The van der Waals surface area contributed by atoms with Gasteiger partial charge < -0.3 is 24.3 Å². The molecule has 3 amide bonds. The highest BCUT2D eigenvalue weighted by atomic mass is 32.2. The van der Waals surface area contributed by atoms with Crippen LogP contribution < -0.4 is 5.32 Å². The molecule has 0 unspecified atom stereocenters. The molecule has 3 rings (SSSR count). The Kier molecular flexibility index (Phi) is 8.39. The topological polar surface area (TPSA) is 126 Å². The smallest absolute Gasteiger partial charge is 0.317 e. The van der Waals surface area contributed by atoms with Crippen LogP contribution in [0.25, 0.3) is 0 Å². The molecule has 0 spiro atoms. The summed E-state index contributed by atoms with van der Waals surface area (Å²) in [4.78, 5) is 40.7. The lowest BCUT2D eigenvalue weighted by Crippen LogP contribution is -2.46. The van der Waals surface area contributed by atoms with Crippen molar-refractivity contribution >= 4 is 27.7 Å². The van der Waals surface area contributed by atoms with E-state index in [1.165, 1.54) is 0 Å². The number of hydrogen-bond donors (Lipinski definition) is 1. The van der Waals surface area contributed by atoms with Gasteiger partial charge in [0.1, 0.15) is 5.76 Å². The highest BCUT2D eigenvalue weighted by Gasteiger charge is 2.35. The molecule has 2 aliphatic heterocycles. The first-order valence-electron chi connectivity index (χ1n) is 11.4. The largest absolute Gasteiger partial charge is 0.467 e. The van der Waals surface area contributed by atoms with Gasteiger partial charge in [-0.05, 0) is 37.3 Å². The molecule has 10 nitrogen and oxygen atoms in total. The first kappa shape index (κ1) is 25.1. The number of urea groups is 1. The van der Waals surface area contributed by atoms with Gasteiger partial charge in [-0.2, -0.15) is 0 Å². The number of sulfone groups is 1. The number of carbonyl (C=O) groups excluding carboxylic acids is 3. The summed E-state index contributed by atoms with van der Waals surface area (Å²) in [5, 5.41) is 2.78. The van der Waals surface area contributed by atoms with Crippen LogP contribution in [-0.4, -0.2) is 79.9 Å². The normalized spacial score (nSPS) is 20.6. The molecule has 0 aliphatic carbocycles. The fourth-order valence-corrected chi connectivity index (χ4v) is 5.94. The number of furan rings is 1. The lowest BCUT2D eigenvalue weighted by atomic mass is 9.97. The Balaban J connectivity index is 1.43. The van der Waals surface area contributed by atoms with Crippen LogP contribution in [0.3, 0.4) is 0 Å². The van der Waals surface area contributed by atoms with Crippen LogP contribution in [0.1, 0.15) is 38.9 Å². The van der Waals surface area contributed by atoms with Crippen molar-refractivity contribution < 1.29 is 32.0 Å². The Bertz CT molecular complexity index is 922. The minimum atomic E-state index is -3.13. The maximum Gasteiger partial charge on any atom is 0.317 e. The van der Waals surface area contributed by atoms with Gasteiger partial charge >= 0.3 is 12.0 Å². The van der Waals surface area contributed by atoms with Gasteiger partial charge in [-0.1, -0.05) is 13.8 Å². The molecule has 1 aromatic heterocycles. The maximum atomic E-state index is 12.8. The van der Waals surface area contributed by atoms with Crippen LogP contribution in [0.15, 0.2) is 22.8 Å². The summed E-state index contributed by atoms with van der Waals surface area (Å²) in [7, 11) is -3.13. The summed E-state index contributed by atoms with van der Waals surface area (Å²) in [5.41, 5.74) is 0. The predicted octanol–water partition coefficient (Wildman–Crippen LogP) is 1.42. The van der Waals surface area contributed by atoms with Crippen molar-refractivity contribution in [1.29, 1.82) is 0 Å². The second-order valence-corrected chi connectivity index (χ2v) is 11.3. The average Bonchev–Trinajstić information content (AvgIpc) is 3.43. The molecule has 184 valence electrons. The first-order chi connectivity index (χ1) is 15.6. The summed E-state index contributed by atoms with van der Waals surface area (Å²) in [6.07, 6.45) is 2.87. The van der Waals surface area contributed by atoms with E-state index >= 15 is 0 Å². The Hall–Kier alpha value is -2.56. The van der Waals surface area contributed by atoms with E-state index in [-0.39, 0.29) is 41.3 Å². The molecule has 11 heteroatoms. The number of likely N-dealkylation sites (tertiary alicyclic amines) is 1. The molecular weight excluding hydrogens is 450 g/mol. The third-order valence-electron chi connectivity index (χ3n) is 5.98. The highest BCUT2D eigenvalue weighted by Crippen LogP contribution is 2.21. The zero-order chi connectivity index (χ0) is 24.0. The van der Waals surface area contributed by atoms with Crippen molar-refractivity contribution in [3.8, 4) is 0 Å². The number of ether oxygens (including phenoxy) is 1. The van der Waals surface area contributed by atoms with E-state index in [1.807, 2.05) is 13.8 Å². The van der Waals surface area contributed by atoms with Gasteiger partial charge in [-0.3, -0.25) is 9.59 Å². The zero-order valence-corrected chi connectivity index (χ0v) is 20.0. The quantitative estimate of drug-likeness (QED) is 0.554. The maximum absolute atomic E-state index is 12.8. The number of nitrogens with one attached hydrogen (secondary N) is 1. The fourth-order valence-electron chi connectivity index (χ4n) is 4.21. The van der Waals surface area contributed by atoms with Crippen molar-refractivity contribution in [2.75, 3.05) is 37.7 Å². The van der Waals surface area contributed by atoms with Gasteiger partial charge in [-0.15, -0.1) is 0 Å². The van der Waals surface area contributed by atoms with Gasteiger partial charge in [-0.25, -0.2) is 13.2 Å². The molecule has 0 aromatic carbocycles. The average molecular weight is 484 g/mol. The SMILES string of the molecule is CC(C)CN(C(=O)COC(=O)C1CCN(C(=O)NCc2ccco2)CC1)[C@@H]1CCS(=O)(=O)C1. The van der Waals surface area contributed by atoms with Crippen molar-refractivity contribution in [2.45, 2.75) is 45.7 Å². The minimum absolute atomic E-state index is 0.0418. The molecule has 2 saturated heterocycles. The molecule has 0 saturated carbocycles. The number of hydrogen-bond acceptors (Lipinski definition) is 7. The molecule has 2 fully saturated rings. The van der Waals surface area contributed by atoms with Crippen LogP contribution in [0.5, 0.6) is 0 Å². The van der Waals surface area contributed by atoms with E-state index in [9.17, 15) is 22.8 Å². The Morgan fingerprint density at radius 1 is 1.24 bits per heavy atom. The predicted molar refractivity (Wildman–Crippen MR) is 120 cm³/mol. The number of amides is 3.